The molecule has 0 aromatic heterocycles. The summed E-state index contributed by atoms with van der Waals surface area (Å²) in [4.78, 5) is 0. The number of alkyl halides is 2. The van der Waals surface area contributed by atoms with Crippen molar-refractivity contribution in [3.8, 4) is 0 Å². The summed E-state index contributed by atoms with van der Waals surface area (Å²) >= 11 is 0. The largest absolute Gasteiger partial charge is 0.345 e. The summed E-state index contributed by atoms with van der Waals surface area (Å²) in [7, 11) is 0. The van der Waals surface area contributed by atoms with Gasteiger partial charge in [0, 0.05) is 11.6 Å². The molecule has 0 amide bonds. The lowest BCUT2D eigenvalue weighted by Crippen LogP contribution is -2.49. The van der Waals surface area contributed by atoms with Crippen molar-refractivity contribution in [2.45, 2.75) is 56.9 Å². The summed E-state index contributed by atoms with van der Waals surface area (Å²) in [5, 5.41) is 3.62. The Balaban J connectivity index is 1.84. The van der Waals surface area contributed by atoms with Crippen LogP contribution < -0.4 is 5.32 Å². The van der Waals surface area contributed by atoms with Crippen molar-refractivity contribution in [3.63, 3.8) is 0 Å². The molecule has 0 aliphatic carbocycles. The number of hydrogen-bond donors (Lipinski definition) is 1. The van der Waals surface area contributed by atoms with Crippen LogP contribution >= 0.6 is 0 Å². The van der Waals surface area contributed by atoms with E-state index in [1.807, 2.05) is 0 Å². The second-order valence-electron chi connectivity index (χ2n) is 5.79. The molecular weight excluding hydrogens is 248 g/mol. The van der Waals surface area contributed by atoms with E-state index in [9.17, 15) is 8.78 Å². The quantitative estimate of drug-likeness (QED) is 0.907. The summed E-state index contributed by atoms with van der Waals surface area (Å²) in [6, 6.07) is 8.68. The molecule has 2 bridgehead atoms. The zero-order chi connectivity index (χ0) is 13.5. The molecule has 1 N–H and O–H groups in total. The maximum atomic E-state index is 12.4. The van der Waals surface area contributed by atoms with Gasteiger partial charge in [-0.1, -0.05) is 29.8 Å². The molecule has 4 heteroatoms. The molecule has 2 saturated heterocycles. The lowest BCUT2D eigenvalue weighted by molar-refractivity contribution is -0.175. The van der Waals surface area contributed by atoms with Crippen LogP contribution in [0, 0.1) is 6.92 Å². The van der Waals surface area contributed by atoms with E-state index in [0.717, 1.165) is 12.8 Å². The average Bonchev–Trinajstić information content (AvgIpc) is 2.66. The van der Waals surface area contributed by atoms with Crippen LogP contribution in [-0.4, -0.2) is 18.8 Å². The Morgan fingerprint density at radius 3 is 2.74 bits per heavy atom. The van der Waals surface area contributed by atoms with E-state index in [0.29, 0.717) is 18.9 Å². The zero-order valence-electron chi connectivity index (χ0n) is 11.0. The van der Waals surface area contributed by atoms with E-state index in [1.165, 1.54) is 11.1 Å². The van der Waals surface area contributed by atoms with Gasteiger partial charge in [-0.3, -0.25) is 0 Å². The molecule has 1 aromatic rings. The lowest BCUT2D eigenvalue weighted by atomic mass is 9.82. The van der Waals surface area contributed by atoms with E-state index < -0.39 is 6.61 Å². The number of piperidine rings is 1. The van der Waals surface area contributed by atoms with Gasteiger partial charge < -0.3 is 10.1 Å². The fraction of sp³-hybridized carbons (Fsp3) is 0.600. The standard InChI is InChI=1S/C15H19F2NO/c1-10-2-4-11(5-3-10)15-7-6-12(18-15)8-13(9-15)19-14(16)17/h2-5,12-14,18H,6-9H2,1H3. The van der Waals surface area contributed by atoms with Crippen LogP contribution in [0.5, 0.6) is 0 Å². The normalized spacial score (nSPS) is 33.9. The number of ether oxygens (including phenoxy) is 1. The number of rotatable bonds is 3. The highest BCUT2D eigenvalue weighted by atomic mass is 19.3. The second-order valence-corrected chi connectivity index (χ2v) is 5.79. The van der Waals surface area contributed by atoms with Crippen LogP contribution in [-0.2, 0) is 10.3 Å². The smallest absolute Gasteiger partial charge is 0.319 e. The first-order valence-corrected chi connectivity index (χ1v) is 6.86. The third kappa shape index (κ3) is 2.51. The molecule has 3 atom stereocenters. The summed E-state index contributed by atoms with van der Waals surface area (Å²) in [5.41, 5.74) is 2.24. The molecule has 0 saturated carbocycles. The van der Waals surface area contributed by atoms with Crippen LogP contribution in [0.25, 0.3) is 0 Å². The number of hydrogen-bond acceptors (Lipinski definition) is 2. The van der Waals surface area contributed by atoms with Crippen LogP contribution in [0.2, 0.25) is 0 Å². The number of aryl methyl sites for hydroxylation is 1. The Labute approximate surface area is 112 Å². The topological polar surface area (TPSA) is 21.3 Å². The van der Waals surface area contributed by atoms with Gasteiger partial charge in [-0.2, -0.15) is 8.78 Å². The van der Waals surface area contributed by atoms with Crippen molar-refractivity contribution < 1.29 is 13.5 Å². The van der Waals surface area contributed by atoms with Gasteiger partial charge in [0.25, 0.3) is 0 Å². The summed E-state index contributed by atoms with van der Waals surface area (Å²) in [6.07, 6.45) is 3.03. The highest BCUT2D eigenvalue weighted by molar-refractivity contribution is 5.30. The molecule has 3 unspecified atom stereocenters. The lowest BCUT2D eigenvalue weighted by Gasteiger charge is -2.39. The number of benzene rings is 1. The van der Waals surface area contributed by atoms with Gasteiger partial charge in [-0.25, -0.2) is 0 Å². The first-order chi connectivity index (χ1) is 9.07. The minimum Gasteiger partial charge on any atom is -0.319 e. The SMILES string of the molecule is Cc1ccc(C23CCC(CC(OC(F)F)C2)N3)cc1. The molecule has 2 heterocycles. The van der Waals surface area contributed by atoms with Gasteiger partial charge in [0.15, 0.2) is 0 Å². The van der Waals surface area contributed by atoms with Crippen molar-refractivity contribution in [2.75, 3.05) is 0 Å². The Kier molecular flexibility index (Phi) is 3.31. The van der Waals surface area contributed by atoms with E-state index >= 15 is 0 Å². The molecule has 2 aliphatic heterocycles. The molecular formula is C15H19F2NO. The van der Waals surface area contributed by atoms with Gasteiger partial charge in [0.05, 0.1) is 6.10 Å². The van der Waals surface area contributed by atoms with Crippen molar-refractivity contribution in [1.82, 2.24) is 5.32 Å². The zero-order valence-corrected chi connectivity index (χ0v) is 11.0. The number of nitrogens with one attached hydrogen (secondary N) is 1. The van der Waals surface area contributed by atoms with E-state index in [-0.39, 0.29) is 11.6 Å². The molecule has 2 nitrogen and oxygen atoms in total. The molecule has 19 heavy (non-hydrogen) atoms. The monoisotopic (exact) mass is 267 g/mol. The Hall–Kier alpha value is -1.00. The molecule has 2 aliphatic rings. The van der Waals surface area contributed by atoms with Crippen LogP contribution in [0.15, 0.2) is 24.3 Å². The van der Waals surface area contributed by atoms with Crippen molar-refractivity contribution in [3.05, 3.63) is 35.4 Å². The van der Waals surface area contributed by atoms with Gasteiger partial charge >= 0.3 is 6.61 Å². The van der Waals surface area contributed by atoms with Crippen LogP contribution in [0.3, 0.4) is 0 Å². The summed E-state index contributed by atoms with van der Waals surface area (Å²) in [6.45, 7) is -0.617. The average molecular weight is 267 g/mol. The first kappa shape index (κ1) is 13.0. The van der Waals surface area contributed by atoms with Crippen LogP contribution in [0.4, 0.5) is 8.78 Å². The molecule has 2 fully saturated rings. The summed E-state index contributed by atoms with van der Waals surface area (Å²) in [5.74, 6) is 0. The molecule has 3 rings (SSSR count). The predicted molar refractivity (Wildman–Crippen MR) is 69.1 cm³/mol. The minimum atomic E-state index is -2.67. The Bertz CT molecular complexity index is 448. The maximum Gasteiger partial charge on any atom is 0.345 e. The maximum absolute atomic E-state index is 12.4. The fourth-order valence-corrected chi connectivity index (χ4v) is 3.55. The van der Waals surface area contributed by atoms with Crippen molar-refractivity contribution >= 4 is 0 Å². The van der Waals surface area contributed by atoms with Gasteiger partial charge in [-0.05, 0) is 38.2 Å². The third-order valence-electron chi connectivity index (χ3n) is 4.42. The van der Waals surface area contributed by atoms with Gasteiger partial charge in [0.1, 0.15) is 0 Å². The van der Waals surface area contributed by atoms with Crippen molar-refractivity contribution in [1.29, 1.82) is 0 Å². The minimum absolute atomic E-state index is 0.170. The molecule has 104 valence electrons. The van der Waals surface area contributed by atoms with Crippen molar-refractivity contribution in [2.24, 2.45) is 0 Å². The molecule has 0 spiro atoms. The van der Waals surface area contributed by atoms with E-state index in [1.54, 1.807) is 0 Å². The first-order valence-electron chi connectivity index (χ1n) is 6.86. The van der Waals surface area contributed by atoms with Crippen LogP contribution in [0.1, 0.15) is 36.8 Å². The second kappa shape index (κ2) is 4.84. The van der Waals surface area contributed by atoms with E-state index in [2.05, 4.69) is 36.5 Å². The number of fused-ring (bicyclic) bond motifs is 2. The molecule has 0 radical (unpaired) electrons. The Morgan fingerprint density at radius 2 is 2.05 bits per heavy atom. The highest BCUT2D eigenvalue weighted by Crippen LogP contribution is 2.44. The Morgan fingerprint density at radius 1 is 1.32 bits per heavy atom. The fourth-order valence-electron chi connectivity index (χ4n) is 3.55. The molecule has 1 aromatic carbocycles. The third-order valence-corrected chi connectivity index (χ3v) is 4.42. The van der Waals surface area contributed by atoms with Gasteiger partial charge in [-0.15, -0.1) is 0 Å². The number of halogens is 2. The predicted octanol–water partition coefficient (Wildman–Crippen LogP) is 3.34. The van der Waals surface area contributed by atoms with Gasteiger partial charge in [0.2, 0.25) is 0 Å². The summed E-state index contributed by atoms with van der Waals surface area (Å²) < 4.78 is 29.6. The highest BCUT2D eigenvalue weighted by Gasteiger charge is 2.47. The van der Waals surface area contributed by atoms with E-state index in [4.69, 9.17) is 4.74 Å².